The Balaban J connectivity index is 1.68. The van der Waals surface area contributed by atoms with Crippen LogP contribution in [0.3, 0.4) is 0 Å². The first-order chi connectivity index (χ1) is 14.0. The molecule has 0 saturated heterocycles. The SMILES string of the molecule is CC(C)C(=O)NCCNC(=O)/C=C/c1cn(-c2ccccc2)nc1-c1cccs1. The Morgan fingerprint density at radius 2 is 1.86 bits per heavy atom. The summed E-state index contributed by atoms with van der Waals surface area (Å²) in [6, 6.07) is 13.8. The number of thiophene rings is 1. The Labute approximate surface area is 174 Å². The smallest absolute Gasteiger partial charge is 0.244 e. The molecule has 150 valence electrons. The first-order valence-electron chi connectivity index (χ1n) is 9.47. The Morgan fingerprint density at radius 1 is 1.10 bits per heavy atom. The molecular weight excluding hydrogens is 384 g/mol. The molecule has 3 aromatic rings. The van der Waals surface area contributed by atoms with Crippen LogP contribution in [-0.2, 0) is 9.59 Å². The second-order valence-electron chi connectivity index (χ2n) is 6.76. The third kappa shape index (κ3) is 5.65. The first kappa shape index (κ1) is 20.5. The third-order valence-corrected chi connectivity index (χ3v) is 5.06. The maximum Gasteiger partial charge on any atom is 0.244 e. The lowest BCUT2D eigenvalue weighted by atomic mass is 10.2. The largest absolute Gasteiger partial charge is 0.354 e. The summed E-state index contributed by atoms with van der Waals surface area (Å²) in [5.74, 6) is -0.306. The lowest BCUT2D eigenvalue weighted by Crippen LogP contribution is -2.35. The maximum atomic E-state index is 12.1. The van der Waals surface area contributed by atoms with Gasteiger partial charge in [-0.1, -0.05) is 38.1 Å². The summed E-state index contributed by atoms with van der Waals surface area (Å²) in [7, 11) is 0. The molecule has 0 aliphatic heterocycles. The number of para-hydroxylation sites is 1. The maximum absolute atomic E-state index is 12.1. The number of rotatable bonds is 8. The van der Waals surface area contributed by atoms with E-state index in [1.54, 1.807) is 17.4 Å². The van der Waals surface area contributed by atoms with Crippen LogP contribution in [0.1, 0.15) is 19.4 Å². The van der Waals surface area contributed by atoms with Crippen LogP contribution in [0.25, 0.3) is 22.3 Å². The minimum absolute atomic E-state index is 0.0243. The summed E-state index contributed by atoms with van der Waals surface area (Å²) < 4.78 is 1.81. The van der Waals surface area contributed by atoms with Crippen molar-refractivity contribution in [2.45, 2.75) is 13.8 Å². The molecule has 0 unspecified atom stereocenters. The number of carbonyl (C=O) groups excluding carboxylic acids is 2. The summed E-state index contributed by atoms with van der Waals surface area (Å²) in [5, 5.41) is 12.3. The Hall–Kier alpha value is -3.19. The van der Waals surface area contributed by atoms with Crippen molar-refractivity contribution < 1.29 is 9.59 Å². The average molecular weight is 409 g/mol. The van der Waals surface area contributed by atoms with Crippen LogP contribution in [0.5, 0.6) is 0 Å². The summed E-state index contributed by atoms with van der Waals surface area (Å²) >= 11 is 1.60. The van der Waals surface area contributed by atoms with Crippen molar-refractivity contribution in [3.05, 3.63) is 65.7 Å². The number of hydrogen-bond acceptors (Lipinski definition) is 4. The summed E-state index contributed by atoms with van der Waals surface area (Å²) in [4.78, 5) is 24.7. The van der Waals surface area contributed by atoms with E-state index < -0.39 is 0 Å². The van der Waals surface area contributed by atoms with Crippen molar-refractivity contribution in [3.63, 3.8) is 0 Å². The highest BCUT2D eigenvalue weighted by Gasteiger charge is 2.11. The van der Waals surface area contributed by atoms with Gasteiger partial charge in [0.15, 0.2) is 0 Å². The van der Waals surface area contributed by atoms with E-state index >= 15 is 0 Å². The van der Waals surface area contributed by atoms with Gasteiger partial charge in [0.1, 0.15) is 5.69 Å². The summed E-state index contributed by atoms with van der Waals surface area (Å²) in [6.45, 7) is 4.44. The molecule has 3 rings (SSSR count). The molecule has 2 aromatic heterocycles. The van der Waals surface area contributed by atoms with Crippen LogP contribution < -0.4 is 10.6 Å². The van der Waals surface area contributed by atoms with Crippen molar-refractivity contribution in [2.75, 3.05) is 13.1 Å². The fraction of sp³-hybridized carbons (Fsp3) is 0.227. The van der Waals surface area contributed by atoms with Crippen molar-refractivity contribution in [2.24, 2.45) is 5.92 Å². The van der Waals surface area contributed by atoms with Gasteiger partial charge in [-0.05, 0) is 29.7 Å². The zero-order valence-electron chi connectivity index (χ0n) is 16.5. The van der Waals surface area contributed by atoms with Gasteiger partial charge in [-0.15, -0.1) is 11.3 Å². The molecule has 0 fully saturated rings. The van der Waals surface area contributed by atoms with Gasteiger partial charge in [-0.2, -0.15) is 5.10 Å². The number of benzene rings is 1. The fourth-order valence-corrected chi connectivity index (χ4v) is 3.36. The molecule has 0 spiro atoms. The molecule has 0 atom stereocenters. The molecule has 2 heterocycles. The number of nitrogens with zero attached hydrogens (tertiary/aromatic N) is 2. The molecule has 1 aromatic carbocycles. The van der Waals surface area contributed by atoms with Crippen LogP contribution in [0, 0.1) is 5.92 Å². The van der Waals surface area contributed by atoms with Crippen LogP contribution in [0.4, 0.5) is 0 Å². The van der Waals surface area contributed by atoms with Crippen molar-refractivity contribution >= 4 is 29.2 Å². The molecule has 7 heteroatoms. The van der Waals surface area contributed by atoms with Gasteiger partial charge in [0.2, 0.25) is 11.8 Å². The second kappa shape index (κ2) is 9.84. The van der Waals surface area contributed by atoms with Crippen LogP contribution in [0.15, 0.2) is 60.1 Å². The van der Waals surface area contributed by atoms with Crippen LogP contribution in [0.2, 0.25) is 0 Å². The van der Waals surface area contributed by atoms with Crippen molar-refractivity contribution in [3.8, 4) is 16.3 Å². The van der Waals surface area contributed by atoms with Gasteiger partial charge in [0.05, 0.1) is 10.6 Å². The zero-order chi connectivity index (χ0) is 20.6. The standard InChI is InChI=1S/C22H24N4O2S/c1-16(2)22(28)24-13-12-23-20(27)11-10-17-15-26(18-7-4-3-5-8-18)25-21(17)19-9-6-14-29-19/h3-11,14-16H,12-13H2,1-2H3,(H,23,27)(H,24,28)/b11-10+. The predicted molar refractivity (Wildman–Crippen MR) is 117 cm³/mol. The third-order valence-electron chi connectivity index (χ3n) is 4.18. The minimum atomic E-state index is -0.214. The first-order valence-corrected chi connectivity index (χ1v) is 10.3. The molecule has 0 radical (unpaired) electrons. The van der Waals surface area contributed by atoms with Crippen LogP contribution >= 0.6 is 11.3 Å². The summed E-state index contributed by atoms with van der Waals surface area (Å²) in [6.07, 6.45) is 5.17. The van der Waals surface area contributed by atoms with Gasteiger partial charge in [0, 0.05) is 36.8 Å². The number of carbonyl (C=O) groups is 2. The molecule has 0 aliphatic rings. The van der Waals surface area contributed by atoms with E-state index in [-0.39, 0.29) is 17.7 Å². The number of aromatic nitrogens is 2. The van der Waals surface area contributed by atoms with Gasteiger partial charge in [0.25, 0.3) is 0 Å². The van der Waals surface area contributed by atoms with E-state index in [4.69, 9.17) is 5.10 Å². The predicted octanol–water partition coefficient (Wildman–Crippen LogP) is 3.50. The number of nitrogens with one attached hydrogen (secondary N) is 2. The fourth-order valence-electron chi connectivity index (χ4n) is 2.63. The van der Waals surface area contributed by atoms with E-state index in [0.717, 1.165) is 21.8 Å². The molecule has 2 N–H and O–H groups in total. The van der Waals surface area contributed by atoms with E-state index in [1.165, 1.54) is 6.08 Å². The van der Waals surface area contributed by atoms with Gasteiger partial charge in [-0.25, -0.2) is 4.68 Å². The number of hydrogen-bond donors (Lipinski definition) is 2. The lowest BCUT2D eigenvalue weighted by molar-refractivity contribution is -0.124. The van der Waals surface area contributed by atoms with Gasteiger partial charge < -0.3 is 10.6 Å². The Kier molecular flexibility index (Phi) is 6.97. The van der Waals surface area contributed by atoms with Gasteiger partial charge in [-0.3, -0.25) is 9.59 Å². The molecule has 6 nitrogen and oxygen atoms in total. The topological polar surface area (TPSA) is 76.0 Å². The van der Waals surface area contributed by atoms with Crippen LogP contribution in [-0.4, -0.2) is 34.7 Å². The van der Waals surface area contributed by atoms with Crippen molar-refractivity contribution in [1.82, 2.24) is 20.4 Å². The quantitative estimate of drug-likeness (QED) is 0.442. The molecule has 0 saturated carbocycles. The monoisotopic (exact) mass is 408 g/mol. The molecule has 29 heavy (non-hydrogen) atoms. The van der Waals surface area contributed by atoms with E-state index in [0.29, 0.717) is 13.1 Å². The molecular formula is C22H24N4O2S. The lowest BCUT2D eigenvalue weighted by Gasteiger charge is -2.07. The second-order valence-corrected chi connectivity index (χ2v) is 7.71. The average Bonchev–Trinajstić information content (AvgIpc) is 3.39. The van der Waals surface area contributed by atoms with E-state index in [2.05, 4.69) is 10.6 Å². The van der Waals surface area contributed by atoms with E-state index in [9.17, 15) is 9.59 Å². The number of amides is 2. The normalized spacial score (nSPS) is 11.1. The van der Waals surface area contributed by atoms with E-state index in [1.807, 2.05) is 72.6 Å². The van der Waals surface area contributed by atoms with Crippen molar-refractivity contribution in [1.29, 1.82) is 0 Å². The molecule has 0 aliphatic carbocycles. The highest BCUT2D eigenvalue weighted by Crippen LogP contribution is 2.28. The Morgan fingerprint density at radius 3 is 2.55 bits per heavy atom. The highest BCUT2D eigenvalue weighted by molar-refractivity contribution is 7.13. The molecule has 2 amide bonds. The molecule has 0 bridgehead atoms. The highest BCUT2D eigenvalue weighted by atomic mass is 32.1. The zero-order valence-corrected chi connectivity index (χ0v) is 17.3. The Bertz CT molecular complexity index is 976. The minimum Gasteiger partial charge on any atom is -0.354 e. The summed E-state index contributed by atoms with van der Waals surface area (Å²) in [5.41, 5.74) is 2.65. The van der Waals surface area contributed by atoms with Gasteiger partial charge >= 0.3 is 0 Å².